The maximum Gasteiger partial charge on any atom is 0.251 e. The Kier molecular flexibility index (Phi) is 5.09. The Morgan fingerprint density at radius 2 is 2.22 bits per heavy atom. The molecule has 18 heavy (non-hydrogen) atoms. The number of hydrogen-bond donors (Lipinski definition) is 1. The highest BCUT2D eigenvalue weighted by molar-refractivity contribution is 5.79. The largest absolute Gasteiger partial charge is 0.491 e. The molecule has 1 amide bonds. The summed E-state index contributed by atoms with van der Waals surface area (Å²) >= 11 is 0. The van der Waals surface area contributed by atoms with Gasteiger partial charge in [0.05, 0.1) is 6.61 Å². The number of rotatable bonds is 5. The van der Waals surface area contributed by atoms with Gasteiger partial charge in [-0.2, -0.15) is 0 Å². The van der Waals surface area contributed by atoms with Gasteiger partial charge in [0.1, 0.15) is 6.10 Å². The molecule has 0 aliphatic carbocycles. The van der Waals surface area contributed by atoms with Crippen molar-refractivity contribution < 1.29 is 19.0 Å². The van der Waals surface area contributed by atoms with Crippen molar-refractivity contribution in [1.82, 2.24) is 4.90 Å². The van der Waals surface area contributed by atoms with Crippen LogP contribution in [0.5, 0.6) is 5.75 Å². The molecule has 4 nitrogen and oxygen atoms in total. The summed E-state index contributed by atoms with van der Waals surface area (Å²) in [6.45, 7) is 3.82. The van der Waals surface area contributed by atoms with E-state index in [0.29, 0.717) is 12.2 Å². The molecule has 1 rings (SSSR count). The minimum absolute atomic E-state index is 0.200. The van der Waals surface area contributed by atoms with E-state index in [-0.39, 0.29) is 12.3 Å². The molecular weight excluding hydrogens is 237 g/mol. The molecule has 1 unspecified atom stereocenters. The smallest absolute Gasteiger partial charge is 0.251 e. The third-order valence-electron chi connectivity index (χ3n) is 2.45. The van der Waals surface area contributed by atoms with E-state index in [1.165, 1.54) is 24.0 Å². The molecule has 0 saturated carbocycles. The zero-order valence-corrected chi connectivity index (χ0v) is 10.8. The maximum atomic E-state index is 13.6. The van der Waals surface area contributed by atoms with Gasteiger partial charge in [-0.05, 0) is 31.5 Å². The van der Waals surface area contributed by atoms with E-state index in [0.717, 1.165) is 0 Å². The molecule has 1 N–H and O–H groups in total. The summed E-state index contributed by atoms with van der Waals surface area (Å²) in [6, 6.07) is 4.56. The molecule has 0 aliphatic rings. The third kappa shape index (κ3) is 3.70. The maximum absolute atomic E-state index is 13.6. The van der Waals surface area contributed by atoms with Crippen LogP contribution in [0, 0.1) is 5.82 Å². The Labute approximate surface area is 106 Å². The topological polar surface area (TPSA) is 49.8 Å². The van der Waals surface area contributed by atoms with Crippen LogP contribution >= 0.6 is 0 Å². The quantitative estimate of drug-likeness (QED) is 0.868. The molecule has 1 aromatic rings. The number of aliphatic hydroxyl groups is 1. The molecule has 1 atom stereocenters. The van der Waals surface area contributed by atoms with Crippen LogP contribution in [0.15, 0.2) is 18.2 Å². The van der Waals surface area contributed by atoms with E-state index in [4.69, 9.17) is 9.84 Å². The van der Waals surface area contributed by atoms with Gasteiger partial charge in [-0.3, -0.25) is 4.79 Å². The fourth-order valence-corrected chi connectivity index (χ4v) is 1.59. The molecule has 0 aliphatic heterocycles. The fraction of sp³-hybridized carbons (Fsp3) is 0.462. The van der Waals surface area contributed by atoms with E-state index in [1.54, 1.807) is 20.0 Å². The van der Waals surface area contributed by atoms with E-state index >= 15 is 0 Å². The highest BCUT2D eigenvalue weighted by Gasteiger charge is 2.15. The molecule has 0 fully saturated rings. The number of benzene rings is 1. The van der Waals surface area contributed by atoms with E-state index in [2.05, 4.69) is 0 Å². The zero-order valence-electron chi connectivity index (χ0n) is 10.8. The first-order chi connectivity index (χ1) is 8.45. The molecule has 5 heteroatoms. The van der Waals surface area contributed by atoms with Crippen LogP contribution in [0.2, 0.25) is 0 Å². The first kappa shape index (κ1) is 14.4. The van der Waals surface area contributed by atoms with Crippen molar-refractivity contribution in [2.24, 2.45) is 0 Å². The Balaban J connectivity index is 2.74. The molecule has 0 saturated heterocycles. The lowest BCUT2D eigenvalue weighted by Gasteiger charge is -2.19. The SMILES string of the molecule is CCOc1ccc(CN(C)C(=O)C(C)O)cc1F. The summed E-state index contributed by atoms with van der Waals surface area (Å²) in [4.78, 5) is 12.8. The van der Waals surface area contributed by atoms with Gasteiger partial charge in [-0.25, -0.2) is 4.39 Å². The van der Waals surface area contributed by atoms with Crippen molar-refractivity contribution in [2.45, 2.75) is 26.5 Å². The molecule has 0 heterocycles. The second kappa shape index (κ2) is 6.35. The van der Waals surface area contributed by atoms with Gasteiger partial charge in [0, 0.05) is 13.6 Å². The van der Waals surface area contributed by atoms with Gasteiger partial charge in [0.15, 0.2) is 11.6 Å². The number of carbonyl (C=O) groups is 1. The lowest BCUT2D eigenvalue weighted by atomic mass is 10.2. The average Bonchev–Trinajstić information content (AvgIpc) is 2.31. The van der Waals surface area contributed by atoms with Gasteiger partial charge in [-0.15, -0.1) is 0 Å². The number of aliphatic hydroxyl groups excluding tert-OH is 1. The minimum Gasteiger partial charge on any atom is -0.491 e. The fourth-order valence-electron chi connectivity index (χ4n) is 1.59. The summed E-state index contributed by atoms with van der Waals surface area (Å²) in [5, 5.41) is 9.15. The highest BCUT2D eigenvalue weighted by atomic mass is 19.1. The zero-order chi connectivity index (χ0) is 13.7. The van der Waals surface area contributed by atoms with Crippen LogP contribution in [0.4, 0.5) is 4.39 Å². The van der Waals surface area contributed by atoms with Crippen LogP contribution in [0.1, 0.15) is 19.4 Å². The van der Waals surface area contributed by atoms with Gasteiger partial charge in [-0.1, -0.05) is 6.07 Å². The van der Waals surface area contributed by atoms with Gasteiger partial charge >= 0.3 is 0 Å². The number of hydrogen-bond acceptors (Lipinski definition) is 3. The molecule has 0 bridgehead atoms. The van der Waals surface area contributed by atoms with Crippen molar-refractivity contribution in [1.29, 1.82) is 0 Å². The number of ether oxygens (including phenoxy) is 1. The Morgan fingerprint density at radius 3 is 2.72 bits per heavy atom. The molecule has 100 valence electrons. The summed E-state index contributed by atoms with van der Waals surface area (Å²) in [5.41, 5.74) is 0.646. The average molecular weight is 255 g/mol. The second-order valence-corrected chi connectivity index (χ2v) is 4.07. The Bertz CT molecular complexity index is 421. The predicted molar refractivity (Wildman–Crippen MR) is 65.7 cm³/mol. The lowest BCUT2D eigenvalue weighted by molar-refractivity contribution is -0.138. The van der Waals surface area contributed by atoms with E-state index in [1.807, 2.05) is 0 Å². The Morgan fingerprint density at radius 1 is 1.56 bits per heavy atom. The summed E-state index contributed by atoms with van der Waals surface area (Å²) in [5.74, 6) is -0.651. The first-order valence-corrected chi connectivity index (χ1v) is 5.80. The van der Waals surface area contributed by atoms with Crippen LogP contribution in [0.3, 0.4) is 0 Å². The normalized spacial score (nSPS) is 12.1. The highest BCUT2D eigenvalue weighted by Crippen LogP contribution is 2.19. The van der Waals surface area contributed by atoms with E-state index in [9.17, 15) is 9.18 Å². The molecule has 0 aromatic heterocycles. The number of likely N-dealkylation sites (N-methyl/N-ethyl adjacent to an activating group) is 1. The van der Waals surface area contributed by atoms with Crippen LogP contribution in [0.25, 0.3) is 0 Å². The minimum atomic E-state index is -1.05. The second-order valence-electron chi connectivity index (χ2n) is 4.07. The number of halogens is 1. The van der Waals surface area contributed by atoms with Crippen molar-refractivity contribution in [2.75, 3.05) is 13.7 Å². The number of carbonyl (C=O) groups excluding carboxylic acids is 1. The molecule has 0 radical (unpaired) electrons. The monoisotopic (exact) mass is 255 g/mol. The third-order valence-corrected chi connectivity index (χ3v) is 2.45. The van der Waals surface area contributed by atoms with Gasteiger partial charge in [0.2, 0.25) is 0 Å². The van der Waals surface area contributed by atoms with Gasteiger partial charge in [0.25, 0.3) is 5.91 Å². The Hall–Kier alpha value is -1.62. The molecule has 0 spiro atoms. The lowest BCUT2D eigenvalue weighted by Crippen LogP contribution is -2.34. The van der Waals surface area contributed by atoms with Crippen molar-refractivity contribution in [3.05, 3.63) is 29.6 Å². The predicted octanol–water partition coefficient (Wildman–Crippen LogP) is 1.56. The standard InChI is InChI=1S/C13H18FNO3/c1-4-18-12-6-5-10(7-11(12)14)8-15(3)13(17)9(2)16/h5-7,9,16H,4,8H2,1-3H3. The summed E-state index contributed by atoms with van der Waals surface area (Å²) < 4.78 is 18.7. The van der Waals surface area contributed by atoms with Crippen LogP contribution in [-0.4, -0.2) is 35.7 Å². The van der Waals surface area contributed by atoms with E-state index < -0.39 is 17.8 Å². The van der Waals surface area contributed by atoms with Crippen molar-refractivity contribution in [3.63, 3.8) is 0 Å². The first-order valence-electron chi connectivity index (χ1n) is 5.80. The number of amides is 1. The van der Waals surface area contributed by atoms with Crippen molar-refractivity contribution in [3.8, 4) is 5.75 Å². The molecule has 1 aromatic carbocycles. The van der Waals surface area contributed by atoms with Crippen molar-refractivity contribution >= 4 is 5.91 Å². The summed E-state index contributed by atoms with van der Waals surface area (Å²) in [7, 11) is 1.56. The van der Waals surface area contributed by atoms with Crippen LogP contribution < -0.4 is 4.74 Å². The van der Waals surface area contributed by atoms with Crippen LogP contribution in [-0.2, 0) is 11.3 Å². The molecular formula is C13H18FNO3. The summed E-state index contributed by atoms with van der Waals surface area (Å²) in [6.07, 6.45) is -1.05. The van der Waals surface area contributed by atoms with Gasteiger partial charge < -0.3 is 14.7 Å². The number of nitrogens with zero attached hydrogens (tertiary/aromatic N) is 1.